The summed E-state index contributed by atoms with van der Waals surface area (Å²) in [6.45, 7) is 2.12. The highest BCUT2D eigenvalue weighted by molar-refractivity contribution is 5.43. The highest BCUT2D eigenvalue weighted by Gasteiger charge is 2.46. The molecule has 1 spiro atoms. The third-order valence-corrected chi connectivity index (χ3v) is 3.27. The predicted octanol–water partition coefficient (Wildman–Crippen LogP) is 1.70. The molecule has 0 atom stereocenters. The molecular weight excluding hydrogens is 190 g/mol. The predicted molar refractivity (Wildman–Crippen MR) is 57.0 cm³/mol. The molecule has 0 aromatic heterocycles. The number of hydrogen-bond acceptors (Lipinski definition) is 3. The minimum Gasteiger partial charge on any atom is -0.489 e. The molecule has 3 rings (SSSR count). The second kappa shape index (κ2) is 3.14. The van der Waals surface area contributed by atoms with Gasteiger partial charge in [0.1, 0.15) is 0 Å². The van der Waals surface area contributed by atoms with Gasteiger partial charge in [-0.25, -0.2) is 0 Å². The van der Waals surface area contributed by atoms with Crippen molar-refractivity contribution in [1.82, 2.24) is 0 Å². The zero-order valence-electron chi connectivity index (χ0n) is 8.66. The summed E-state index contributed by atoms with van der Waals surface area (Å²) < 4.78 is 11.5. The average Bonchev–Trinajstić information content (AvgIpc) is 3.07. The standard InChI is InChI=1S/C12H15NO2/c13-6-9-1-2-10-11(5-9)15-8-12(3-4-12)7-14-10/h1-2,5H,3-4,6-8,13H2. The van der Waals surface area contributed by atoms with Crippen molar-refractivity contribution >= 4 is 0 Å². The van der Waals surface area contributed by atoms with E-state index >= 15 is 0 Å². The maximum atomic E-state index is 5.79. The molecule has 2 N–H and O–H groups in total. The van der Waals surface area contributed by atoms with Gasteiger partial charge >= 0.3 is 0 Å². The first kappa shape index (κ1) is 9.04. The van der Waals surface area contributed by atoms with E-state index in [4.69, 9.17) is 15.2 Å². The van der Waals surface area contributed by atoms with Crippen LogP contribution in [-0.2, 0) is 6.54 Å². The molecule has 0 radical (unpaired) electrons. The highest BCUT2D eigenvalue weighted by atomic mass is 16.5. The summed E-state index contributed by atoms with van der Waals surface area (Å²) in [5.41, 5.74) is 6.99. The second-order valence-electron chi connectivity index (χ2n) is 4.56. The normalized spacial score (nSPS) is 21.1. The fourth-order valence-corrected chi connectivity index (χ4v) is 1.88. The van der Waals surface area contributed by atoms with Gasteiger partial charge in [0.05, 0.1) is 13.2 Å². The molecule has 1 aliphatic heterocycles. The average molecular weight is 205 g/mol. The monoisotopic (exact) mass is 205 g/mol. The van der Waals surface area contributed by atoms with Gasteiger partial charge in [-0.2, -0.15) is 0 Å². The van der Waals surface area contributed by atoms with Crippen molar-refractivity contribution in [1.29, 1.82) is 0 Å². The van der Waals surface area contributed by atoms with Crippen LogP contribution < -0.4 is 15.2 Å². The molecule has 3 nitrogen and oxygen atoms in total. The molecule has 1 fully saturated rings. The lowest BCUT2D eigenvalue weighted by atomic mass is 10.1. The maximum Gasteiger partial charge on any atom is 0.161 e. The molecule has 2 aliphatic rings. The van der Waals surface area contributed by atoms with Gasteiger partial charge in [0.25, 0.3) is 0 Å². The van der Waals surface area contributed by atoms with Gasteiger partial charge in [-0.05, 0) is 30.5 Å². The number of nitrogens with two attached hydrogens (primary N) is 1. The molecule has 80 valence electrons. The van der Waals surface area contributed by atoms with Gasteiger partial charge in [0.15, 0.2) is 11.5 Å². The lowest BCUT2D eigenvalue weighted by molar-refractivity contribution is 0.197. The zero-order valence-corrected chi connectivity index (χ0v) is 8.66. The smallest absolute Gasteiger partial charge is 0.161 e. The highest BCUT2D eigenvalue weighted by Crippen LogP contribution is 2.49. The van der Waals surface area contributed by atoms with Gasteiger partial charge in [0, 0.05) is 12.0 Å². The molecule has 1 aromatic rings. The molecule has 1 heterocycles. The van der Waals surface area contributed by atoms with Gasteiger partial charge in [0.2, 0.25) is 0 Å². The summed E-state index contributed by atoms with van der Waals surface area (Å²) in [5.74, 6) is 1.71. The molecule has 3 heteroatoms. The van der Waals surface area contributed by atoms with E-state index < -0.39 is 0 Å². The molecule has 1 saturated carbocycles. The Morgan fingerprint density at radius 2 is 1.87 bits per heavy atom. The lowest BCUT2D eigenvalue weighted by Gasteiger charge is -2.08. The van der Waals surface area contributed by atoms with E-state index in [1.165, 1.54) is 12.8 Å². The number of fused-ring (bicyclic) bond motifs is 1. The van der Waals surface area contributed by atoms with Crippen LogP contribution in [0, 0.1) is 5.41 Å². The van der Waals surface area contributed by atoms with Crippen molar-refractivity contribution in [2.45, 2.75) is 19.4 Å². The molecular formula is C12H15NO2. The Bertz CT molecular complexity index is 385. The number of rotatable bonds is 1. The van der Waals surface area contributed by atoms with E-state index in [1.54, 1.807) is 0 Å². The Hall–Kier alpha value is -1.22. The third kappa shape index (κ3) is 1.57. The van der Waals surface area contributed by atoms with Crippen molar-refractivity contribution in [3.05, 3.63) is 23.8 Å². The molecule has 0 amide bonds. The summed E-state index contributed by atoms with van der Waals surface area (Å²) >= 11 is 0. The van der Waals surface area contributed by atoms with Crippen LogP contribution >= 0.6 is 0 Å². The van der Waals surface area contributed by atoms with Gasteiger partial charge in [-0.15, -0.1) is 0 Å². The minimum atomic E-state index is 0.307. The van der Waals surface area contributed by atoms with E-state index in [0.717, 1.165) is 30.3 Å². The van der Waals surface area contributed by atoms with Crippen molar-refractivity contribution in [2.75, 3.05) is 13.2 Å². The Morgan fingerprint density at radius 1 is 1.13 bits per heavy atom. The minimum absolute atomic E-state index is 0.307. The van der Waals surface area contributed by atoms with Crippen LogP contribution in [0.3, 0.4) is 0 Å². The SMILES string of the molecule is NCc1ccc2c(c1)OCC1(CC1)CO2. The number of benzene rings is 1. The van der Waals surface area contributed by atoms with Crippen LogP contribution in [0.5, 0.6) is 11.5 Å². The van der Waals surface area contributed by atoms with Gasteiger partial charge in [-0.1, -0.05) is 6.07 Å². The molecule has 0 unspecified atom stereocenters. The van der Waals surface area contributed by atoms with E-state index in [9.17, 15) is 0 Å². The van der Waals surface area contributed by atoms with E-state index in [-0.39, 0.29) is 0 Å². The van der Waals surface area contributed by atoms with Crippen molar-refractivity contribution in [3.8, 4) is 11.5 Å². The van der Waals surface area contributed by atoms with E-state index in [0.29, 0.717) is 12.0 Å². The zero-order chi connectivity index (χ0) is 10.3. The summed E-state index contributed by atoms with van der Waals surface area (Å²) in [4.78, 5) is 0. The lowest BCUT2D eigenvalue weighted by Crippen LogP contribution is -2.17. The second-order valence-corrected chi connectivity index (χ2v) is 4.56. The van der Waals surface area contributed by atoms with Gasteiger partial charge < -0.3 is 15.2 Å². The number of hydrogen-bond donors (Lipinski definition) is 1. The fourth-order valence-electron chi connectivity index (χ4n) is 1.88. The van der Waals surface area contributed by atoms with Crippen LogP contribution in [0.25, 0.3) is 0 Å². The first-order valence-electron chi connectivity index (χ1n) is 5.40. The molecule has 1 aromatic carbocycles. The molecule has 15 heavy (non-hydrogen) atoms. The third-order valence-electron chi connectivity index (χ3n) is 3.27. The van der Waals surface area contributed by atoms with Crippen LogP contribution in [0.15, 0.2) is 18.2 Å². The largest absolute Gasteiger partial charge is 0.489 e. The summed E-state index contributed by atoms with van der Waals surface area (Å²) in [7, 11) is 0. The van der Waals surface area contributed by atoms with Crippen LogP contribution in [0.4, 0.5) is 0 Å². The molecule has 0 bridgehead atoms. The maximum absolute atomic E-state index is 5.79. The van der Waals surface area contributed by atoms with Crippen LogP contribution in [0.2, 0.25) is 0 Å². The van der Waals surface area contributed by atoms with Gasteiger partial charge in [-0.3, -0.25) is 0 Å². The Kier molecular flexibility index (Phi) is 1.89. The fraction of sp³-hybridized carbons (Fsp3) is 0.500. The van der Waals surface area contributed by atoms with E-state index in [1.807, 2.05) is 18.2 Å². The first-order chi connectivity index (χ1) is 7.31. The quantitative estimate of drug-likeness (QED) is 0.759. The Morgan fingerprint density at radius 3 is 2.53 bits per heavy atom. The summed E-state index contributed by atoms with van der Waals surface area (Å²) in [6, 6.07) is 5.93. The van der Waals surface area contributed by atoms with Crippen molar-refractivity contribution in [2.24, 2.45) is 11.1 Å². The van der Waals surface area contributed by atoms with E-state index in [2.05, 4.69) is 0 Å². The first-order valence-corrected chi connectivity index (χ1v) is 5.40. The van der Waals surface area contributed by atoms with Crippen molar-refractivity contribution < 1.29 is 9.47 Å². The van der Waals surface area contributed by atoms with Crippen molar-refractivity contribution in [3.63, 3.8) is 0 Å². The topological polar surface area (TPSA) is 44.5 Å². The summed E-state index contributed by atoms with van der Waals surface area (Å²) in [5, 5.41) is 0. The molecule has 0 saturated heterocycles. The number of ether oxygens (including phenoxy) is 2. The summed E-state index contributed by atoms with van der Waals surface area (Å²) in [6.07, 6.45) is 2.45. The van der Waals surface area contributed by atoms with Crippen LogP contribution in [0.1, 0.15) is 18.4 Å². The Labute approximate surface area is 89.2 Å². The molecule has 1 aliphatic carbocycles. The van der Waals surface area contributed by atoms with Crippen LogP contribution in [-0.4, -0.2) is 13.2 Å². The Balaban J connectivity index is 1.89.